The zero-order valence-electron chi connectivity index (χ0n) is 12.6. The minimum absolute atomic E-state index is 0.0463. The lowest BCUT2D eigenvalue weighted by atomic mass is 10.1. The van der Waals surface area contributed by atoms with Gasteiger partial charge in [0.1, 0.15) is 0 Å². The number of carbonyl (C=O) groups excluding carboxylic acids is 1. The lowest BCUT2D eigenvalue weighted by Crippen LogP contribution is -2.11. The predicted molar refractivity (Wildman–Crippen MR) is 90.5 cm³/mol. The summed E-state index contributed by atoms with van der Waals surface area (Å²) >= 11 is 0. The van der Waals surface area contributed by atoms with Crippen LogP contribution < -0.4 is 16.6 Å². The first-order valence-electron chi connectivity index (χ1n) is 7.16. The number of H-pyrrole nitrogens is 1. The van der Waals surface area contributed by atoms with Crippen molar-refractivity contribution < 1.29 is 4.79 Å². The minimum atomic E-state index is -0.262. The number of nitrogens with two attached hydrogens (primary N) is 1. The number of aromatic nitrogens is 2. The van der Waals surface area contributed by atoms with Crippen molar-refractivity contribution in [2.75, 3.05) is 11.1 Å². The van der Waals surface area contributed by atoms with E-state index in [0.717, 1.165) is 11.3 Å². The monoisotopic (exact) mass is 308 g/mol. The van der Waals surface area contributed by atoms with Crippen LogP contribution in [-0.2, 0) is 6.54 Å². The zero-order valence-corrected chi connectivity index (χ0v) is 12.6. The van der Waals surface area contributed by atoms with Crippen LogP contribution >= 0.6 is 0 Å². The molecule has 0 atom stereocenters. The highest BCUT2D eigenvalue weighted by Crippen LogP contribution is 2.16. The molecule has 6 heteroatoms. The fourth-order valence-electron chi connectivity index (χ4n) is 2.33. The summed E-state index contributed by atoms with van der Waals surface area (Å²) in [5.74, 6) is 0.152. The van der Waals surface area contributed by atoms with Crippen LogP contribution in [0.15, 0.2) is 47.3 Å². The van der Waals surface area contributed by atoms with Crippen LogP contribution in [0.1, 0.15) is 22.8 Å². The summed E-state index contributed by atoms with van der Waals surface area (Å²) in [6.45, 7) is 2.13. The number of nitrogens with zero attached hydrogens (tertiary/aromatic N) is 1. The van der Waals surface area contributed by atoms with Crippen LogP contribution in [0.3, 0.4) is 0 Å². The number of nitrogen functional groups attached to an aromatic ring is 1. The average Bonchev–Trinajstić information content (AvgIpc) is 2.53. The van der Waals surface area contributed by atoms with E-state index in [-0.39, 0.29) is 17.3 Å². The van der Waals surface area contributed by atoms with Crippen molar-refractivity contribution in [1.82, 2.24) is 9.97 Å². The zero-order chi connectivity index (χ0) is 16.4. The molecule has 3 aromatic rings. The smallest absolute Gasteiger partial charge is 0.260 e. The number of hydrogen-bond donors (Lipinski definition) is 3. The van der Waals surface area contributed by atoms with Crippen LogP contribution in [0.2, 0.25) is 0 Å². The summed E-state index contributed by atoms with van der Waals surface area (Å²) in [6, 6.07) is 12.7. The molecule has 4 N–H and O–H groups in total. The van der Waals surface area contributed by atoms with Crippen LogP contribution in [0, 0.1) is 0 Å². The van der Waals surface area contributed by atoms with Crippen LogP contribution in [0.25, 0.3) is 10.9 Å². The third-order valence-corrected chi connectivity index (χ3v) is 3.58. The molecule has 116 valence electrons. The second-order valence-electron chi connectivity index (χ2n) is 5.29. The van der Waals surface area contributed by atoms with Gasteiger partial charge in [0.25, 0.3) is 5.56 Å². The Hall–Kier alpha value is -3.15. The van der Waals surface area contributed by atoms with E-state index in [4.69, 9.17) is 5.73 Å². The van der Waals surface area contributed by atoms with Crippen molar-refractivity contribution in [2.24, 2.45) is 0 Å². The van der Waals surface area contributed by atoms with Gasteiger partial charge in [-0.15, -0.1) is 0 Å². The lowest BCUT2D eigenvalue weighted by Gasteiger charge is -2.08. The number of benzene rings is 2. The molecule has 0 fully saturated rings. The Morgan fingerprint density at radius 2 is 1.96 bits per heavy atom. The van der Waals surface area contributed by atoms with Gasteiger partial charge in [0.15, 0.2) is 5.78 Å². The minimum Gasteiger partial charge on any atom is -0.381 e. The second-order valence-corrected chi connectivity index (χ2v) is 5.29. The van der Waals surface area contributed by atoms with Gasteiger partial charge in [0.05, 0.1) is 10.9 Å². The van der Waals surface area contributed by atoms with E-state index in [9.17, 15) is 9.59 Å². The summed E-state index contributed by atoms with van der Waals surface area (Å²) in [5.41, 5.74) is 8.36. The number of rotatable bonds is 4. The number of anilines is 2. The summed E-state index contributed by atoms with van der Waals surface area (Å²) in [4.78, 5) is 29.7. The molecule has 23 heavy (non-hydrogen) atoms. The van der Waals surface area contributed by atoms with E-state index >= 15 is 0 Å². The Balaban J connectivity index is 1.79. The molecule has 0 aliphatic carbocycles. The number of nitrogens with one attached hydrogen (secondary N) is 2. The van der Waals surface area contributed by atoms with Gasteiger partial charge in [-0.05, 0) is 30.7 Å². The van der Waals surface area contributed by atoms with Crippen molar-refractivity contribution in [3.8, 4) is 0 Å². The summed E-state index contributed by atoms with van der Waals surface area (Å²) in [7, 11) is 0. The maximum absolute atomic E-state index is 11.9. The second kappa shape index (κ2) is 5.92. The van der Waals surface area contributed by atoms with E-state index < -0.39 is 0 Å². The van der Waals surface area contributed by atoms with E-state index in [1.54, 1.807) is 31.2 Å². The van der Waals surface area contributed by atoms with Gasteiger partial charge < -0.3 is 11.1 Å². The van der Waals surface area contributed by atoms with Gasteiger partial charge in [0, 0.05) is 17.8 Å². The van der Waals surface area contributed by atoms with Crippen molar-refractivity contribution in [3.05, 3.63) is 63.9 Å². The van der Waals surface area contributed by atoms with Crippen molar-refractivity contribution in [1.29, 1.82) is 0 Å². The molecule has 0 saturated heterocycles. The highest BCUT2D eigenvalue weighted by atomic mass is 16.1. The first kappa shape index (κ1) is 14.8. The average molecular weight is 308 g/mol. The molecule has 0 aliphatic heterocycles. The summed E-state index contributed by atoms with van der Waals surface area (Å²) in [5, 5.41) is 3.73. The highest BCUT2D eigenvalue weighted by Gasteiger charge is 2.04. The SMILES string of the molecule is CC(=O)c1ccc(CNc2ccc3nc(N)[nH]c(=O)c3c2)cc1. The molecule has 0 aliphatic rings. The molecule has 1 heterocycles. The molecular formula is C17H16N4O2. The fourth-order valence-corrected chi connectivity index (χ4v) is 2.33. The Morgan fingerprint density at radius 3 is 2.65 bits per heavy atom. The quantitative estimate of drug-likeness (QED) is 0.642. The molecule has 1 aromatic heterocycles. The molecule has 0 unspecified atom stereocenters. The molecule has 0 amide bonds. The van der Waals surface area contributed by atoms with E-state index in [1.165, 1.54) is 0 Å². The van der Waals surface area contributed by atoms with E-state index in [2.05, 4.69) is 15.3 Å². The molecule has 6 nitrogen and oxygen atoms in total. The van der Waals surface area contributed by atoms with Crippen LogP contribution in [0.5, 0.6) is 0 Å². The third-order valence-electron chi connectivity index (χ3n) is 3.58. The number of ketones is 1. The molecule has 0 bridgehead atoms. The Bertz CT molecular complexity index is 929. The predicted octanol–water partition coefficient (Wildman–Crippen LogP) is 2.32. The van der Waals surface area contributed by atoms with E-state index in [1.807, 2.05) is 18.2 Å². The van der Waals surface area contributed by atoms with Gasteiger partial charge in [-0.25, -0.2) is 4.98 Å². The highest BCUT2D eigenvalue weighted by molar-refractivity contribution is 5.94. The first-order chi connectivity index (χ1) is 11.0. The lowest BCUT2D eigenvalue weighted by molar-refractivity contribution is 0.101. The number of hydrogen-bond acceptors (Lipinski definition) is 5. The Morgan fingerprint density at radius 1 is 1.22 bits per heavy atom. The van der Waals surface area contributed by atoms with Crippen LogP contribution in [-0.4, -0.2) is 15.8 Å². The van der Waals surface area contributed by atoms with Crippen molar-refractivity contribution in [2.45, 2.75) is 13.5 Å². The Kier molecular flexibility index (Phi) is 3.80. The van der Waals surface area contributed by atoms with Gasteiger partial charge in [-0.3, -0.25) is 14.6 Å². The summed E-state index contributed by atoms with van der Waals surface area (Å²) < 4.78 is 0. The molecule has 0 radical (unpaired) electrons. The number of fused-ring (bicyclic) bond motifs is 1. The normalized spacial score (nSPS) is 10.7. The standard InChI is InChI=1S/C17H16N4O2/c1-10(22)12-4-2-11(3-5-12)9-19-13-6-7-15-14(8-13)16(23)21-17(18)20-15/h2-8,19H,9H2,1H3,(H3,18,20,21,23). The first-order valence-corrected chi connectivity index (χ1v) is 7.16. The maximum Gasteiger partial charge on any atom is 0.260 e. The number of Topliss-reactive ketones (excluding diaryl/α,β-unsaturated/α-hetero) is 1. The number of aromatic amines is 1. The largest absolute Gasteiger partial charge is 0.381 e. The maximum atomic E-state index is 11.9. The fraction of sp³-hybridized carbons (Fsp3) is 0.118. The van der Waals surface area contributed by atoms with Crippen molar-refractivity contribution >= 4 is 28.3 Å². The third kappa shape index (κ3) is 3.21. The van der Waals surface area contributed by atoms with Gasteiger partial charge in [-0.2, -0.15) is 0 Å². The molecule has 2 aromatic carbocycles. The molecule has 3 rings (SSSR count). The molecule has 0 spiro atoms. The molecule has 0 saturated carbocycles. The van der Waals surface area contributed by atoms with E-state index in [0.29, 0.717) is 23.0 Å². The van der Waals surface area contributed by atoms with Crippen LogP contribution in [0.4, 0.5) is 11.6 Å². The topological polar surface area (TPSA) is 101 Å². The Labute approximate surface area is 132 Å². The molecular weight excluding hydrogens is 292 g/mol. The van der Waals surface area contributed by atoms with Gasteiger partial charge in [-0.1, -0.05) is 24.3 Å². The number of carbonyl (C=O) groups is 1. The van der Waals surface area contributed by atoms with Gasteiger partial charge in [0.2, 0.25) is 5.95 Å². The van der Waals surface area contributed by atoms with Crippen molar-refractivity contribution in [3.63, 3.8) is 0 Å². The van der Waals surface area contributed by atoms with Gasteiger partial charge >= 0.3 is 0 Å². The summed E-state index contributed by atoms with van der Waals surface area (Å²) in [6.07, 6.45) is 0.